The Morgan fingerprint density at radius 2 is 1.53 bits per heavy atom. The maximum absolute atomic E-state index is 14.8. The van der Waals surface area contributed by atoms with Crippen LogP contribution in [0.4, 0.5) is 0 Å². The second kappa shape index (κ2) is 28.5. The normalized spacial score (nSPS) is 22.4. The molecule has 6 unspecified atom stereocenters. The van der Waals surface area contributed by atoms with Crippen molar-refractivity contribution in [3.05, 3.63) is 35.9 Å². The van der Waals surface area contributed by atoms with E-state index in [0.29, 0.717) is 44.1 Å². The summed E-state index contributed by atoms with van der Waals surface area (Å²) in [7, 11) is 6.31. The summed E-state index contributed by atoms with van der Waals surface area (Å²) in [6.07, 6.45) is 7.60. The van der Waals surface area contributed by atoms with Crippen LogP contribution in [0.3, 0.4) is 0 Å². The number of hydrogen-bond donors (Lipinski definition) is 3. The summed E-state index contributed by atoms with van der Waals surface area (Å²) in [5.41, 5.74) is 1.10. The predicted molar refractivity (Wildman–Crippen MR) is 298 cm³/mol. The smallest absolute Gasteiger partial charge is 0.326 e. The number of nitrogens with zero attached hydrogens (tertiary/aromatic N) is 4. The zero-order valence-electron chi connectivity index (χ0n) is 48.6. The average molecular weight is 1100 g/mol. The van der Waals surface area contributed by atoms with Crippen molar-refractivity contribution in [2.24, 2.45) is 40.9 Å². The molecule has 18 heteroatoms. The second-order valence-corrected chi connectivity index (χ2v) is 25.4. The Labute approximate surface area is 463 Å². The maximum atomic E-state index is 14.8. The molecule has 3 N–H and O–H groups in total. The van der Waals surface area contributed by atoms with Gasteiger partial charge in [-0.3, -0.25) is 38.5 Å². The molecule has 2 saturated heterocycles. The minimum atomic E-state index is -1.16. The van der Waals surface area contributed by atoms with E-state index in [-0.39, 0.29) is 90.2 Å². The van der Waals surface area contributed by atoms with Crippen molar-refractivity contribution in [2.45, 2.75) is 206 Å². The Bertz CT molecular complexity index is 2190. The molecular weight excluding hydrogens is 1000 g/mol. The second-order valence-electron chi connectivity index (χ2n) is 24.1. The van der Waals surface area contributed by atoms with Gasteiger partial charge >= 0.3 is 5.97 Å². The first-order valence-corrected chi connectivity index (χ1v) is 29.7. The number of fused-ring (bicyclic) bond motifs is 1. The number of carbonyl (C=O) groups is 8. The molecule has 4 aliphatic rings. The number of likely N-dealkylation sites (N-methyl/N-ethyl adjacent to an activating group) is 2. The molecule has 0 radical (unpaired) electrons. The number of carboxylic acids is 1. The van der Waals surface area contributed by atoms with Crippen LogP contribution in [0.25, 0.3) is 0 Å². The van der Waals surface area contributed by atoms with Gasteiger partial charge < -0.3 is 39.9 Å². The number of ether oxygens (including phenoxy) is 2. The Hall–Kier alpha value is -4.55. The van der Waals surface area contributed by atoms with E-state index in [1.54, 1.807) is 37.7 Å². The Balaban J connectivity index is 1.16. The van der Waals surface area contributed by atoms with Crippen LogP contribution in [0.2, 0.25) is 0 Å². The quantitative estimate of drug-likeness (QED) is 0.0481. The van der Waals surface area contributed by atoms with Crippen LogP contribution in [0.15, 0.2) is 30.3 Å². The van der Waals surface area contributed by atoms with Gasteiger partial charge in [0.25, 0.3) is 0 Å². The van der Waals surface area contributed by atoms with E-state index in [9.17, 15) is 43.5 Å². The number of aliphatic carboxylic acids is 1. The van der Waals surface area contributed by atoms with E-state index < -0.39 is 66.1 Å². The Morgan fingerprint density at radius 1 is 0.857 bits per heavy atom. The highest BCUT2D eigenvalue weighted by atomic mass is 32.2. The van der Waals surface area contributed by atoms with Gasteiger partial charge in [0.2, 0.25) is 41.4 Å². The van der Waals surface area contributed by atoms with Gasteiger partial charge in [0, 0.05) is 60.2 Å². The lowest BCUT2D eigenvalue weighted by Gasteiger charge is -2.41. The van der Waals surface area contributed by atoms with Gasteiger partial charge in [-0.1, -0.05) is 105 Å². The molecule has 2 heterocycles. The summed E-state index contributed by atoms with van der Waals surface area (Å²) in [5.74, 6) is -2.76. The topological polar surface area (TPSA) is 212 Å². The molecule has 2 aliphatic carbocycles. The van der Waals surface area contributed by atoms with Crippen LogP contribution in [-0.2, 0) is 54.3 Å². The zero-order chi connectivity index (χ0) is 57.1. The third-order valence-electron chi connectivity index (χ3n) is 17.4. The number of carboxylic acid groups (broad SMARTS) is 1. The number of methoxy groups -OCH3 is 2. The van der Waals surface area contributed by atoms with Crippen molar-refractivity contribution in [3.63, 3.8) is 0 Å². The first kappa shape index (κ1) is 63.3. The predicted octanol–water partition coefficient (Wildman–Crippen LogP) is 6.98. The fourth-order valence-electron chi connectivity index (χ4n) is 12.2. The van der Waals surface area contributed by atoms with E-state index in [1.807, 2.05) is 76.8 Å². The van der Waals surface area contributed by atoms with Gasteiger partial charge in [-0.25, -0.2) is 4.79 Å². The number of carbonyl (C=O) groups excluding carboxylic acids is 7. The first-order valence-electron chi connectivity index (χ1n) is 28.6. The summed E-state index contributed by atoms with van der Waals surface area (Å²) in [6.45, 7) is 18.1. The van der Waals surface area contributed by atoms with Crippen LogP contribution < -0.4 is 10.6 Å². The maximum Gasteiger partial charge on any atom is 0.326 e. The molecule has 0 spiro atoms. The van der Waals surface area contributed by atoms with E-state index >= 15 is 0 Å². The van der Waals surface area contributed by atoms with Gasteiger partial charge in [0.1, 0.15) is 18.1 Å². The minimum Gasteiger partial charge on any atom is -0.480 e. The van der Waals surface area contributed by atoms with Crippen LogP contribution in [-0.4, -0.2) is 166 Å². The summed E-state index contributed by atoms with van der Waals surface area (Å²) >= 11 is 1.60. The number of thioether (sulfide) groups is 1. The Kier molecular flexibility index (Phi) is 23.5. The van der Waals surface area contributed by atoms with Crippen molar-refractivity contribution >= 4 is 59.1 Å². The van der Waals surface area contributed by atoms with Crippen LogP contribution in [0.1, 0.15) is 151 Å². The van der Waals surface area contributed by atoms with Crippen molar-refractivity contribution in [1.82, 2.24) is 30.2 Å². The number of benzene rings is 1. The SMILES string of the molecule is CCC(C)C(C(CC(=O)N1[C@H](C(OC)[C@@H](C)C(=O)N[C@@H](Cc2ccccc2)C(=O)O)C[C@@H]2C[C@@H]21)OC)N(C)C(=O)[C@@H](NC(=O)C(C(C)C)N(C)C(=O)CCCCCN1C(=O)CC(SCCCC(C)(C)C2CC2)C1=O)C(C)C. The molecule has 7 amide bonds. The van der Waals surface area contributed by atoms with Crippen LogP contribution >= 0.6 is 11.8 Å². The minimum absolute atomic E-state index is 0.0383. The lowest BCUT2D eigenvalue weighted by atomic mass is 9.83. The molecule has 2 saturated carbocycles. The number of nitrogens with one attached hydrogen (secondary N) is 2. The van der Waals surface area contributed by atoms with E-state index in [0.717, 1.165) is 36.5 Å². The van der Waals surface area contributed by atoms with E-state index in [1.165, 1.54) is 36.9 Å². The summed E-state index contributed by atoms with van der Waals surface area (Å²) in [5, 5.41) is 15.4. The number of unbranched alkanes of at least 4 members (excludes halogenated alkanes) is 2. The van der Waals surface area contributed by atoms with Crippen LogP contribution in [0.5, 0.6) is 0 Å². The fourth-order valence-corrected chi connectivity index (χ4v) is 13.3. The molecule has 0 aromatic heterocycles. The molecule has 12 atom stereocenters. The van der Waals surface area contributed by atoms with Crippen molar-refractivity contribution in [2.75, 3.05) is 40.6 Å². The largest absolute Gasteiger partial charge is 0.480 e. The van der Waals surface area contributed by atoms with E-state index in [4.69, 9.17) is 9.47 Å². The number of imide groups is 1. The lowest BCUT2D eigenvalue weighted by Crippen LogP contribution is -2.60. The molecule has 17 nitrogen and oxygen atoms in total. The summed E-state index contributed by atoms with van der Waals surface area (Å²) < 4.78 is 12.1. The van der Waals surface area contributed by atoms with Crippen molar-refractivity contribution < 1.29 is 52.9 Å². The van der Waals surface area contributed by atoms with Gasteiger partial charge in [-0.15, -0.1) is 11.8 Å². The third-order valence-corrected chi connectivity index (χ3v) is 18.6. The summed E-state index contributed by atoms with van der Waals surface area (Å²) in [6, 6.07) is 5.01. The highest BCUT2D eigenvalue weighted by Gasteiger charge is 2.57. The van der Waals surface area contributed by atoms with E-state index in [2.05, 4.69) is 24.5 Å². The molecule has 2 aliphatic heterocycles. The fraction of sp³-hybridized carbons (Fsp3) is 0.763. The molecular formula is C59H94N6O11S. The highest BCUT2D eigenvalue weighted by Crippen LogP contribution is 2.50. The molecule has 1 aromatic rings. The first-order chi connectivity index (χ1) is 36.4. The third kappa shape index (κ3) is 16.5. The van der Waals surface area contributed by atoms with Gasteiger partial charge in [-0.05, 0) is 97.7 Å². The summed E-state index contributed by atoms with van der Waals surface area (Å²) in [4.78, 5) is 116. The number of rotatable bonds is 33. The van der Waals surface area contributed by atoms with Gasteiger partial charge in [0.15, 0.2) is 0 Å². The highest BCUT2D eigenvalue weighted by molar-refractivity contribution is 8.00. The van der Waals surface area contributed by atoms with Crippen molar-refractivity contribution in [1.29, 1.82) is 0 Å². The molecule has 432 valence electrons. The Morgan fingerprint density at radius 3 is 2.12 bits per heavy atom. The molecule has 5 rings (SSSR count). The number of amides is 7. The zero-order valence-corrected chi connectivity index (χ0v) is 49.4. The molecule has 77 heavy (non-hydrogen) atoms. The standard InChI is InChI=1S/C59H94N6O11S/c1-14-37(6)52(45(75-12)33-49(68)65-43-31-40(43)32-44(65)53(76-13)38(7)54(69)60-42(58(73)74)30-39-22-17-15-18-23-39)63(11)57(72)50(35(2)3)61-55(70)51(36(4)5)62(10)47(66)24-19-16-20-28-64-48(67)34-46(56(64)71)77-29-21-27-59(8,9)41-25-26-41/h15,17-18,22-23,35-38,40-46,50-53H,14,16,19-21,24-34H2,1-13H3,(H,60,69)(H,61,70)(H,73,74)/t37?,38-,40+,42+,43+,44+,45?,46?,50+,51?,52?,53?/m1/s1. The number of piperidine rings is 1. The van der Waals surface area contributed by atoms with Crippen molar-refractivity contribution in [3.8, 4) is 0 Å². The number of hydrogen-bond acceptors (Lipinski definition) is 11. The molecule has 0 bridgehead atoms. The monoisotopic (exact) mass is 1090 g/mol. The van der Waals surface area contributed by atoms with Gasteiger partial charge in [-0.2, -0.15) is 0 Å². The lowest BCUT2D eigenvalue weighted by molar-refractivity contribution is -0.149. The molecule has 4 fully saturated rings. The molecule has 1 aromatic carbocycles. The number of likely N-dealkylation sites (tertiary alicyclic amines) is 2. The average Bonchev–Trinajstić information content (AvgIpc) is 4.33. The van der Waals surface area contributed by atoms with Crippen LogP contribution in [0, 0.1) is 40.9 Å². The van der Waals surface area contributed by atoms with Gasteiger partial charge in [0.05, 0.1) is 41.9 Å².